The molecular formula is C10H10ClN3PtS. The zero-order chi connectivity index (χ0) is 9.97. The molecule has 0 spiro atoms. The third-order valence-electron chi connectivity index (χ3n) is 2.23. The van der Waals surface area contributed by atoms with Crippen molar-refractivity contribution in [3.05, 3.63) is 35.4 Å². The topological polar surface area (TPSA) is 50.7 Å². The predicted molar refractivity (Wildman–Crippen MR) is 60.3 cm³/mol. The zero-order valence-electron chi connectivity index (χ0n) is 8.30. The number of hydrogen-bond donors (Lipinski definition) is 1. The van der Waals surface area contributed by atoms with Gasteiger partial charge < -0.3 is 30.8 Å². The van der Waals surface area contributed by atoms with Crippen molar-refractivity contribution in [3.8, 4) is 0 Å². The molecule has 0 aliphatic heterocycles. The summed E-state index contributed by atoms with van der Waals surface area (Å²) in [5, 5.41) is 7.83. The van der Waals surface area contributed by atoms with Crippen LogP contribution in [0.15, 0.2) is 34.5 Å². The van der Waals surface area contributed by atoms with Gasteiger partial charge in [0, 0.05) is 5.56 Å². The summed E-state index contributed by atoms with van der Waals surface area (Å²) in [6, 6.07) is 8.20. The molecule has 0 radical (unpaired) electrons. The van der Waals surface area contributed by atoms with Crippen LogP contribution < -0.4 is 18.1 Å². The van der Waals surface area contributed by atoms with Crippen LogP contribution in [0, 0.1) is 0 Å². The molecule has 0 aromatic heterocycles. The number of rotatable bonds is 1. The number of fused-ring (bicyclic) bond motifs is 1. The van der Waals surface area contributed by atoms with Gasteiger partial charge in [-0.25, -0.2) is 0 Å². The fourth-order valence-electron chi connectivity index (χ4n) is 1.62. The third-order valence-corrected chi connectivity index (χ3v) is 2.31. The third kappa shape index (κ3) is 3.55. The minimum Gasteiger partial charge on any atom is -1.00 e. The number of halogens is 1. The largest absolute Gasteiger partial charge is 2.00 e. The summed E-state index contributed by atoms with van der Waals surface area (Å²) in [7, 11) is 0. The Balaban J connectivity index is 0.00000112. The second-order valence-corrected chi connectivity index (χ2v) is 3.56. The number of amidine groups is 1. The van der Waals surface area contributed by atoms with Crippen molar-refractivity contribution in [2.75, 3.05) is 0 Å². The maximum Gasteiger partial charge on any atom is 2.00 e. The van der Waals surface area contributed by atoms with E-state index in [-0.39, 0.29) is 38.6 Å². The van der Waals surface area contributed by atoms with Gasteiger partial charge in [-0.05, 0) is 23.6 Å². The van der Waals surface area contributed by atoms with E-state index in [4.69, 9.17) is 5.73 Å². The van der Waals surface area contributed by atoms with Gasteiger partial charge >= 0.3 is 21.1 Å². The first-order valence-electron chi connectivity index (χ1n) is 4.42. The quantitative estimate of drug-likeness (QED) is 0.245. The van der Waals surface area contributed by atoms with E-state index in [0.29, 0.717) is 0 Å². The molecule has 0 saturated heterocycles. The summed E-state index contributed by atoms with van der Waals surface area (Å²) in [6.07, 6.45) is 1.95. The minimum atomic E-state index is 0. The molecule has 6 heteroatoms. The van der Waals surface area contributed by atoms with Crippen LogP contribution in [0.4, 0.5) is 0 Å². The Morgan fingerprint density at radius 3 is 2.62 bits per heavy atom. The number of aryl methyl sites for hydroxylation is 1. The average Bonchev–Trinajstić information content (AvgIpc) is 2.58. The fraction of sp³-hybridized carbons (Fsp3) is 0.200. The van der Waals surface area contributed by atoms with Crippen molar-refractivity contribution >= 4 is 23.5 Å². The van der Waals surface area contributed by atoms with Crippen LogP contribution in [-0.4, -0.2) is 10.9 Å². The molecule has 1 aliphatic rings. The molecule has 2 N–H and O–H groups in total. The monoisotopic (exact) mass is 434 g/mol. The van der Waals surface area contributed by atoms with E-state index in [1.807, 2.05) is 12.1 Å². The number of hydrogen-bond acceptors (Lipinski definition) is 3. The van der Waals surface area contributed by atoms with Crippen LogP contribution >= 0.6 is 0 Å². The maximum atomic E-state index is 5.25. The van der Waals surface area contributed by atoms with Crippen molar-refractivity contribution in [2.24, 2.45) is 15.9 Å². The van der Waals surface area contributed by atoms with Crippen LogP contribution in [0.5, 0.6) is 0 Å². The minimum absolute atomic E-state index is 0. The second-order valence-electron chi connectivity index (χ2n) is 3.14. The second kappa shape index (κ2) is 7.00. The molecule has 0 fully saturated rings. The summed E-state index contributed by atoms with van der Waals surface area (Å²) in [5.41, 5.74) is 8.73. The predicted octanol–water partition coefficient (Wildman–Crippen LogP) is -1.80. The van der Waals surface area contributed by atoms with E-state index in [0.717, 1.165) is 18.6 Å². The molecule has 0 atom stereocenters. The summed E-state index contributed by atoms with van der Waals surface area (Å²) in [6.45, 7) is 0. The summed E-state index contributed by atoms with van der Waals surface area (Å²) < 4.78 is 0. The van der Waals surface area contributed by atoms with Crippen LogP contribution in [-0.2, 0) is 40.1 Å². The molecule has 0 unspecified atom stereocenters. The Morgan fingerprint density at radius 1 is 1.25 bits per heavy atom. The maximum absolute atomic E-state index is 5.25. The van der Waals surface area contributed by atoms with Crippen molar-refractivity contribution in [1.29, 1.82) is 0 Å². The SMILES string of the molecule is N/C([S-])=N\N=C1\CCc2ccccc21.[Cl-].[Pt+2]. The first-order chi connectivity index (χ1) is 6.77. The van der Waals surface area contributed by atoms with Crippen LogP contribution in [0.25, 0.3) is 0 Å². The molecule has 88 valence electrons. The van der Waals surface area contributed by atoms with Crippen LogP contribution in [0.3, 0.4) is 0 Å². The normalized spacial score (nSPS) is 16.2. The zero-order valence-corrected chi connectivity index (χ0v) is 12.1. The molecular weight excluding hydrogens is 425 g/mol. The van der Waals surface area contributed by atoms with Crippen molar-refractivity contribution < 1.29 is 33.5 Å². The van der Waals surface area contributed by atoms with E-state index in [9.17, 15) is 0 Å². The van der Waals surface area contributed by atoms with Gasteiger partial charge in [-0.1, -0.05) is 24.3 Å². The van der Waals surface area contributed by atoms with Gasteiger partial charge in [0.25, 0.3) is 0 Å². The molecule has 2 rings (SSSR count). The van der Waals surface area contributed by atoms with Gasteiger partial charge in [-0.3, -0.25) is 0 Å². The molecule has 1 aliphatic carbocycles. The molecule has 16 heavy (non-hydrogen) atoms. The van der Waals surface area contributed by atoms with Crippen molar-refractivity contribution in [3.63, 3.8) is 0 Å². The summed E-state index contributed by atoms with van der Waals surface area (Å²) >= 11 is 4.63. The summed E-state index contributed by atoms with van der Waals surface area (Å²) in [4.78, 5) is 0. The van der Waals surface area contributed by atoms with Crippen LogP contribution in [0.1, 0.15) is 17.5 Å². The number of nitrogens with two attached hydrogens (primary N) is 1. The Kier molecular flexibility index (Phi) is 6.80. The van der Waals surface area contributed by atoms with Crippen LogP contribution in [0.2, 0.25) is 0 Å². The van der Waals surface area contributed by atoms with Crippen molar-refractivity contribution in [1.82, 2.24) is 0 Å². The van der Waals surface area contributed by atoms with Gasteiger partial charge in [0.15, 0.2) is 0 Å². The molecule has 1 aromatic carbocycles. The smallest absolute Gasteiger partial charge is 1.00 e. The molecule has 0 heterocycles. The molecule has 0 amide bonds. The van der Waals surface area contributed by atoms with Gasteiger partial charge in [0.05, 0.1) is 5.71 Å². The van der Waals surface area contributed by atoms with Gasteiger partial charge in [0.1, 0.15) is 0 Å². The van der Waals surface area contributed by atoms with E-state index in [1.54, 1.807) is 0 Å². The van der Waals surface area contributed by atoms with Gasteiger partial charge in [-0.15, -0.1) is 0 Å². The molecule has 0 saturated carbocycles. The Morgan fingerprint density at radius 2 is 1.94 bits per heavy atom. The Hall–Kier alpha value is -0.442. The first-order valence-corrected chi connectivity index (χ1v) is 4.83. The average molecular weight is 435 g/mol. The van der Waals surface area contributed by atoms with E-state index >= 15 is 0 Å². The Labute approximate surface area is 121 Å². The molecule has 3 nitrogen and oxygen atoms in total. The number of nitrogens with zero attached hydrogens (tertiary/aromatic N) is 2. The van der Waals surface area contributed by atoms with E-state index < -0.39 is 0 Å². The van der Waals surface area contributed by atoms with E-state index in [2.05, 4.69) is 35.0 Å². The van der Waals surface area contributed by atoms with Gasteiger partial charge in [0.2, 0.25) is 0 Å². The number of benzene rings is 1. The van der Waals surface area contributed by atoms with Gasteiger partial charge in [-0.2, -0.15) is 10.2 Å². The fourth-order valence-corrected chi connectivity index (χ4v) is 1.66. The first kappa shape index (κ1) is 15.6. The van der Waals surface area contributed by atoms with E-state index in [1.165, 1.54) is 11.1 Å². The summed E-state index contributed by atoms with van der Waals surface area (Å²) in [5.74, 6) is 0. The van der Waals surface area contributed by atoms with Crippen molar-refractivity contribution in [2.45, 2.75) is 12.8 Å². The standard InChI is InChI=1S/C10H11N3S.ClH.Pt/c11-10(14)13-12-9-6-5-7-3-1-2-4-8(7)9;;/h1-4H,5-6H2,(H3,11,13,14);1H;/q;;+2/p-2/b12-9-;;. The molecule has 0 bridgehead atoms. The molecule has 1 aromatic rings. The Bertz CT molecular complexity index is 416.